The number of ether oxygens (including phenoxy) is 2. The first-order chi connectivity index (χ1) is 20.6. The van der Waals surface area contributed by atoms with Crippen LogP contribution in [0.2, 0.25) is 0 Å². The van der Waals surface area contributed by atoms with Gasteiger partial charge in [-0.1, -0.05) is 41.5 Å². The molecule has 0 aromatic rings. The molecule has 0 bridgehead atoms. The van der Waals surface area contributed by atoms with E-state index in [0.717, 1.165) is 25.7 Å². The summed E-state index contributed by atoms with van der Waals surface area (Å²) in [5, 5.41) is 74.0. The molecule has 4 aliphatic carbocycles. The third-order valence-corrected chi connectivity index (χ3v) is 13.8. The van der Waals surface area contributed by atoms with E-state index < -0.39 is 61.7 Å². The van der Waals surface area contributed by atoms with Crippen LogP contribution in [0.3, 0.4) is 0 Å². The zero-order valence-corrected chi connectivity index (χ0v) is 27.3. The maximum atomic E-state index is 13.6. The summed E-state index contributed by atoms with van der Waals surface area (Å²) >= 11 is 0. The SMILES string of the molecule is CC(C)C(C)C(OC1OC(CO)C(O)C(O)C1O)C(O)C(C)C1CCC2C3CC(=O)C4CC(O)C(O)CC4(C)C3CCC12C. The van der Waals surface area contributed by atoms with Crippen molar-refractivity contribution in [2.75, 3.05) is 6.61 Å². The van der Waals surface area contributed by atoms with Gasteiger partial charge in [0.05, 0.1) is 31.0 Å². The monoisotopic (exact) mass is 626 g/mol. The van der Waals surface area contributed by atoms with Crippen molar-refractivity contribution in [1.82, 2.24) is 0 Å². The Labute approximate surface area is 262 Å². The quantitative estimate of drug-likeness (QED) is 0.210. The van der Waals surface area contributed by atoms with Gasteiger partial charge < -0.3 is 45.2 Å². The van der Waals surface area contributed by atoms with E-state index in [1.54, 1.807) is 0 Å². The Morgan fingerprint density at radius 3 is 2.20 bits per heavy atom. The summed E-state index contributed by atoms with van der Waals surface area (Å²) in [5.41, 5.74) is -0.410. The Morgan fingerprint density at radius 1 is 0.909 bits per heavy atom. The zero-order valence-electron chi connectivity index (χ0n) is 27.3. The lowest BCUT2D eigenvalue weighted by molar-refractivity contribution is -0.324. The van der Waals surface area contributed by atoms with E-state index in [9.17, 15) is 40.5 Å². The average molecular weight is 627 g/mol. The van der Waals surface area contributed by atoms with E-state index in [1.165, 1.54) is 0 Å². The van der Waals surface area contributed by atoms with Crippen LogP contribution >= 0.6 is 0 Å². The van der Waals surface area contributed by atoms with E-state index in [2.05, 4.69) is 20.8 Å². The van der Waals surface area contributed by atoms with Crippen LogP contribution in [0.15, 0.2) is 0 Å². The normalized spacial score (nSPS) is 50.4. The van der Waals surface area contributed by atoms with Crippen LogP contribution in [0.5, 0.6) is 0 Å². The van der Waals surface area contributed by atoms with Gasteiger partial charge in [0.25, 0.3) is 0 Å². The van der Waals surface area contributed by atoms with Crippen molar-refractivity contribution < 1.29 is 50.0 Å². The third kappa shape index (κ3) is 5.62. The maximum Gasteiger partial charge on any atom is 0.187 e. The van der Waals surface area contributed by atoms with Gasteiger partial charge in [-0.3, -0.25) is 4.79 Å². The number of Topliss-reactive ketones (excluding diaryl/α,β-unsaturated/α-hetero) is 1. The minimum atomic E-state index is -1.56. The highest BCUT2D eigenvalue weighted by atomic mass is 16.7. The van der Waals surface area contributed by atoms with Crippen LogP contribution in [0.25, 0.3) is 0 Å². The highest BCUT2D eigenvalue weighted by Gasteiger charge is 2.64. The first kappa shape index (κ1) is 34.6. The molecule has 1 aliphatic heterocycles. The molecule has 0 aromatic heterocycles. The lowest BCUT2D eigenvalue weighted by Crippen LogP contribution is -2.61. The number of ketones is 1. The van der Waals surface area contributed by atoms with E-state index in [4.69, 9.17) is 9.47 Å². The van der Waals surface area contributed by atoms with Gasteiger partial charge in [-0.15, -0.1) is 0 Å². The highest BCUT2D eigenvalue weighted by Crippen LogP contribution is 2.68. The smallest absolute Gasteiger partial charge is 0.187 e. The Kier molecular flexibility index (Phi) is 10.0. The van der Waals surface area contributed by atoms with Gasteiger partial charge in [-0.05, 0) is 90.8 Å². The summed E-state index contributed by atoms with van der Waals surface area (Å²) in [6, 6.07) is 0. The molecule has 0 aromatic carbocycles. The molecule has 1 saturated heterocycles. The molecule has 10 nitrogen and oxygen atoms in total. The fraction of sp³-hybridized carbons (Fsp3) is 0.971. The Balaban J connectivity index is 1.36. The Bertz CT molecular complexity index is 1020. The van der Waals surface area contributed by atoms with Gasteiger partial charge in [-0.25, -0.2) is 0 Å². The van der Waals surface area contributed by atoms with Crippen molar-refractivity contribution in [2.24, 2.45) is 58.2 Å². The molecule has 18 unspecified atom stereocenters. The molecule has 7 N–H and O–H groups in total. The maximum absolute atomic E-state index is 13.6. The van der Waals surface area contributed by atoms with Crippen molar-refractivity contribution in [2.45, 2.75) is 142 Å². The van der Waals surface area contributed by atoms with Gasteiger partial charge in [0.2, 0.25) is 0 Å². The Morgan fingerprint density at radius 2 is 1.57 bits per heavy atom. The number of hydrogen-bond acceptors (Lipinski definition) is 10. The van der Waals surface area contributed by atoms with Crippen LogP contribution in [0.4, 0.5) is 0 Å². The van der Waals surface area contributed by atoms with Crippen LogP contribution in [0.1, 0.15) is 86.5 Å². The van der Waals surface area contributed by atoms with E-state index >= 15 is 0 Å². The fourth-order valence-electron chi connectivity index (χ4n) is 10.7. The second kappa shape index (κ2) is 12.7. The van der Waals surface area contributed by atoms with Crippen LogP contribution in [-0.2, 0) is 14.3 Å². The molecule has 1 heterocycles. The summed E-state index contributed by atoms with van der Waals surface area (Å²) < 4.78 is 12.0. The van der Waals surface area contributed by atoms with Crippen LogP contribution in [-0.4, -0.2) is 103 Å². The summed E-state index contributed by atoms with van der Waals surface area (Å²) in [5.74, 6) is 0.847. The molecule has 5 rings (SSSR count). The van der Waals surface area contributed by atoms with Crippen molar-refractivity contribution in [3.8, 4) is 0 Å². The predicted molar refractivity (Wildman–Crippen MR) is 161 cm³/mol. The zero-order chi connectivity index (χ0) is 32.5. The molecule has 0 radical (unpaired) electrons. The average Bonchev–Trinajstić information content (AvgIpc) is 3.33. The van der Waals surface area contributed by atoms with E-state index in [0.29, 0.717) is 31.1 Å². The summed E-state index contributed by atoms with van der Waals surface area (Å²) in [4.78, 5) is 13.6. The van der Waals surface area contributed by atoms with Gasteiger partial charge in [0.1, 0.15) is 30.2 Å². The second-order valence-corrected chi connectivity index (χ2v) is 16.2. The molecule has 10 heteroatoms. The highest BCUT2D eigenvalue weighted by molar-refractivity contribution is 5.83. The standard InChI is InChI=1S/C34H58O10/c1-15(2)16(3)31(44-32-30(42)29(41)28(40)26(14-35)43-32)27(39)17(4)19-7-8-20-18-11-23(36)22-12-24(37)25(38)13-34(22,6)21(18)9-10-33(19,20)5/h15-22,24-32,35,37-42H,7-14H2,1-6H3. The number of aliphatic hydroxyl groups excluding tert-OH is 7. The van der Waals surface area contributed by atoms with Gasteiger partial charge >= 0.3 is 0 Å². The molecule has 254 valence electrons. The first-order valence-electron chi connectivity index (χ1n) is 17.1. The van der Waals surface area contributed by atoms with Crippen molar-refractivity contribution in [3.05, 3.63) is 0 Å². The van der Waals surface area contributed by atoms with Crippen LogP contribution < -0.4 is 0 Å². The number of carbonyl (C=O) groups excluding carboxylic acids is 1. The number of hydrogen-bond donors (Lipinski definition) is 7. The summed E-state index contributed by atoms with van der Waals surface area (Å²) in [6.45, 7) is 12.1. The largest absolute Gasteiger partial charge is 0.394 e. The molecule has 0 spiro atoms. The van der Waals surface area contributed by atoms with Gasteiger partial charge in [0.15, 0.2) is 6.29 Å². The lowest BCUT2D eigenvalue weighted by atomic mass is 9.44. The second-order valence-electron chi connectivity index (χ2n) is 16.2. The number of fused-ring (bicyclic) bond motifs is 5. The molecule has 5 fully saturated rings. The fourth-order valence-corrected chi connectivity index (χ4v) is 10.7. The first-order valence-corrected chi connectivity index (χ1v) is 17.1. The number of carbonyl (C=O) groups is 1. The number of aliphatic hydroxyl groups is 7. The molecule has 18 atom stereocenters. The summed E-state index contributed by atoms with van der Waals surface area (Å²) in [6.07, 6.45) is -5.19. The third-order valence-electron chi connectivity index (χ3n) is 13.8. The minimum absolute atomic E-state index is 0.0907. The molecule has 4 saturated carbocycles. The molecular formula is C34H58O10. The van der Waals surface area contributed by atoms with Gasteiger partial charge in [-0.2, -0.15) is 0 Å². The van der Waals surface area contributed by atoms with E-state index in [-0.39, 0.29) is 52.1 Å². The van der Waals surface area contributed by atoms with Gasteiger partial charge in [0, 0.05) is 12.3 Å². The molecule has 44 heavy (non-hydrogen) atoms. The van der Waals surface area contributed by atoms with Crippen LogP contribution in [0, 0.1) is 58.2 Å². The van der Waals surface area contributed by atoms with Crippen molar-refractivity contribution in [1.29, 1.82) is 0 Å². The van der Waals surface area contributed by atoms with E-state index in [1.807, 2.05) is 20.8 Å². The lowest BCUT2D eigenvalue weighted by Gasteiger charge is -2.61. The molecular weight excluding hydrogens is 568 g/mol. The minimum Gasteiger partial charge on any atom is -0.394 e. The molecule has 5 aliphatic rings. The molecule has 0 amide bonds. The Hall–Kier alpha value is -0.690. The van der Waals surface area contributed by atoms with Crippen molar-refractivity contribution >= 4 is 5.78 Å². The predicted octanol–water partition coefficient (Wildman–Crippen LogP) is 1.63. The summed E-state index contributed by atoms with van der Waals surface area (Å²) in [7, 11) is 0. The van der Waals surface area contributed by atoms with Crippen molar-refractivity contribution in [3.63, 3.8) is 0 Å². The topological polar surface area (TPSA) is 177 Å². The number of rotatable bonds is 8.